The van der Waals surface area contributed by atoms with Crippen LogP contribution in [0.4, 0.5) is 14.5 Å². The predicted molar refractivity (Wildman–Crippen MR) is 51.8 cm³/mol. The van der Waals surface area contributed by atoms with E-state index in [1.54, 1.807) is 0 Å². The van der Waals surface area contributed by atoms with Crippen LogP contribution in [0.15, 0.2) is 22.7 Å². The topological polar surface area (TPSA) is 63.4 Å². The molecule has 1 atom stereocenters. The smallest absolute Gasteiger partial charge is 0.270 e. The highest BCUT2D eigenvalue weighted by molar-refractivity contribution is 9.10. The van der Waals surface area contributed by atoms with Gasteiger partial charge in [0.05, 0.1) is 4.92 Å². The Hall–Kier alpha value is -1.08. The number of nitrogens with zero attached hydrogens (tertiary/aromatic N) is 1. The van der Waals surface area contributed by atoms with Crippen molar-refractivity contribution >= 4 is 21.6 Å². The molecular weight excluding hydrogens is 276 g/mol. The zero-order valence-corrected chi connectivity index (χ0v) is 8.82. The van der Waals surface area contributed by atoms with Crippen LogP contribution in [0.2, 0.25) is 0 Å². The van der Waals surface area contributed by atoms with Crippen molar-refractivity contribution in [3.8, 4) is 0 Å². The summed E-state index contributed by atoms with van der Waals surface area (Å²) in [5, 5.41) is 19.4. The minimum atomic E-state index is -2.97. The van der Waals surface area contributed by atoms with E-state index in [0.29, 0.717) is 0 Å². The lowest BCUT2D eigenvalue weighted by Gasteiger charge is -2.09. The van der Waals surface area contributed by atoms with Crippen LogP contribution in [0.25, 0.3) is 0 Å². The van der Waals surface area contributed by atoms with Gasteiger partial charge in [-0.2, -0.15) is 0 Å². The highest BCUT2D eigenvalue weighted by Gasteiger charge is 2.21. The van der Waals surface area contributed by atoms with Gasteiger partial charge in [-0.1, -0.05) is 15.9 Å². The fourth-order valence-electron chi connectivity index (χ4n) is 1.02. The second kappa shape index (κ2) is 4.63. The average molecular weight is 282 g/mol. The summed E-state index contributed by atoms with van der Waals surface area (Å²) < 4.78 is 24.6. The molecule has 4 nitrogen and oxygen atoms in total. The average Bonchev–Trinajstić information content (AvgIpc) is 2.15. The molecule has 7 heteroatoms. The number of alkyl halides is 2. The molecule has 0 aliphatic carbocycles. The van der Waals surface area contributed by atoms with Gasteiger partial charge in [-0.15, -0.1) is 0 Å². The molecule has 1 unspecified atom stereocenters. The van der Waals surface area contributed by atoms with Crippen LogP contribution in [0.5, 0.6) is 0 Å². The molecule has 82 valence electrons. The third-order valence-electron chi connectivity index (χ3n) is 1.70. The first-order valence-corrected chi connectivity index (χ1v) is 4.62. The Morgan fingerprint density at radius 3 is 2.47 bits per heavy atom. The largest absolute Gasteiger partial charge is 0.382 e. The van der Waals surface area contributed by atoms with Crippen molar-refractivity contribution < 1.29 is 18.8 Å². The van der Waals surface area contributed by atoms with Crippen molar-refractivity contribution in [3.63, 3.8) is 0 Å². The fraction of sp³-hybridized carbons (Fsp3) is 0.250. The van der Waals surface area contributed by atoms with E-state index in [0.717, 1.165) is 6.07 Å². The van der Waals surface area contributed by atoms with Crippen LogP contribution in [-0.4, -0.2) is 16.5 Å². The molecule has 0 radical (unpaired) electrons. The van der Waals surface area contributed by atoms with Crippen LogP contribution in [0.1, 0.15) is 11.7 Å². The summed E-state index contributed by atoms with van der Waals surface area (Å²) in [5.74, 6) is 0. The first-order chi connectivity index (χ1) is 6.91. The highest BCUT2D eigenvalue weighted by Crippen LogP contribution is 2.28. The van der Waals surface area contributed by atoms with Crippen LogP contribution in [0.3, 0.4) is 0 Å². The summed E-state index contributed by atoms with van der Waals surface area (Å²) in [5.41, 5.74) is -0.537. The second-order valence-electron chi connectivity index (χ2n) is 2.78. The SMILES string of the molecule is O=[N+]([O-])c1cc(Br)cc(C(O)C(F)F)c1. The third kappa shape index (κ3) is 2.93. The van der Waals surface area contributed by atoms with E-state index in [-0.39, 0.29) is 15.7 Å². The molecule has 1 rings (SSSR count). The Morgan fingerprint density at radius 1 is 1.40 bits per heavy atom. The van der Waals surface area contributed by atoms with Gasteiger partial charge in [0.2, 0.25) is 0 Å². The lowest BCUT2D eigenvalue weighted by atomic mass is 10.1. The highest BCUT2D eigenvalue weighted by atomic mass is 79.9. The van der Waals surface area contributed by atoms with Gasteiger partial charge in [-0.25, -0.2) is 8.78 Å². The molecule has 1 aromatic rings. The van der Waals surface area contributed by atoms with Gasteiger partial charge in [0, 0.05) is 16.6 Å². The Morgan fingerprint density at radius 2 is 2.00 bits per heavy atom. The zero-order valence-electron chi connectivity index (χ0n) is 7.23. The summed E-state index contributed by atoms with van der Waals surface area (Å²) >= 11 is 2.94. The van der Waals surface area contributed by atoms with Gasteiger partial charge >= 0.3 is 0 Å². The number of nitro benzene ring substituents is 1. The summed E-state index contributed by atoms with van der Waals surface area (Å²) in [4.78, 5) is 9.70. The van der Waals surface area contributed by atoms with Crippen molar-refractivity contribution in [3.05, 3.63) is 38.3 Å². The molecule has 0 bridgehead atoms. The van der Waals surface area contributed by atoms with E-state index >= 15 is 0 Å². The number of rotatable bonds is 3. The first kappa shape index (κ1) is 12.0. The molecule has 0 saturated carbocycles. The van der Waals surface area contributed by atoms with Gasteiger partial charge in [-0.05, 0) is 11.6 Å². The van der Waals surface area contributed by atoms with Crippen molar-refractivity contribution in [1.29, 1.82) is 0 Å². The van der Waals surface area contributed by atoms with E-state index < -0.39 is 17.5 Å². The van der Waals surface area contributed by atoms with E-state index in [2.05, 4.69) is 15.9 Å². The minimum absolute atomic E-state index is 0.189. The number of hydrogen-bond acceptors (Lipinski definition) is 3. The second-order valence-corrected chi connectivity index (χ2v) is 3.69. The number of benzene rings is 1. The quantitative estimate of drug-likeness (QED) is 0.684. The van der Waals surface area contributed by atoms with Crippen molar-refractivity contribution in [2.45, 2.75) is 12.5 Å². The standard InChI is InChI=1S/C8H6BrF2NO3/c9-5-1-4(7(13)8(10)11)2-6(3-5)12(14)15/h1-3,7-8,13H. The molecular formula is C8H6BrF2NO3. The Labute approximate surface area is 91.8 Å². The molecule has 0 heterocycles. The Balaban J connectivity index is 3.14. The predicted octanol–water partition coefficient (Wildman–Crippen LogP) is 2.66. The van der Waals surface area contributed by atoms with Gasteiger partial charge in [0.15, 0.2) is 0 Å². The first-order valence-electron chi connectivity index (χ1n) is 3.83. The number of nitro groups is 1. The maximum absolute atomic E-state index is 12.1. The van der Waals surface area contributed by atoms with Crippen molar-refractivity contribution in [2.24, 2.45) is 0 Å². The molecule has 15 heavy (non-hydrogen) atoms. The third-order valence-corrected chi connectivity index (χ3v) is 2.15. The lowest BCUT2D eigenvalue weighted by molar-refractivity contribution is -0.385. The Kier molecular flexibility index (Phi) is 3.70. The van der Waals surface area contributed by atoms with Gasteiger partial charge in [-0.3, -0.25) is 10.1 Å². The maximum atomic E-state index is 12.1. The molecule has 1 N–H and O–H groups in total. The monoisotopic (exact) mass is 281 g/mol. The summed E-state index contributed by atoms with van der Waals surface area (Å²) in [6.45, 7) is 0. The van der Waals surface area contributed by atoms with Gasteiger partial charge in [0.1, 0.15) is 6.10 Å². The number of aliphatic hydroxyl groups is 1. The molecule has 0 fully saturated rings. The molecule has 0 aliphatic heterocycles. The molecule has 0 amide bonds. The summed E-state index contributed by atoms with van der Waals surface area (Å²) in [6, 6.07) is 3.30. The number of halogens is 3. The van der Waals surface area contributed by atoms with Crippen LogP contribution < -0.4 is 0 Å². The number of aliphatic hydroxyl groups excluding tert-OH is 1. The van der Waals surface area contributed by atoms with Gasteiger partial charge in [0.25, 0.3) is 12.1 Å². The molecule has 1 aromatic carbocycles. The Bertz CT molecular complexity index is 386. The lowest BCUT2D eigenvalue weighted by Crippen LogP contribution is -2.08. The summed E-state index contributed by atoms with van der Waals surface area (Å²) in [6.07, 6.45) is -4.99. The van der Waals surface area contributed by atoms with E-state index in [1.165, 1.54) is 12.1 Å². The van der Waals surface area contributed by atoms with E-state index in [4.69, 9.17) is 5.11 Å². The van der Waals surface area contributed by atoms with E-state index in [1.807, 2.05) is 0 Å². The number of non-ortho nitro benzene ring substituents is 1. The summed E-state index contributed by atoms with van der Waals surface area (Å²) in [7, 11) is 0. The molecule has 0 aliphatic rings. The molecule has 0 spiro atoms. The van der Waals surface area contributed by atoms with Crippen LogP contribution in [-0.2, 0) is 0 Å². The normalized spacial score (nSPS) is 12.9. The zero-order chi connectivity index (χ0) is 11.6. The van der Waals surface area contributed by atoms with Crippen molar-refractivity contribution in [2.75, 3.05) is 0 Å². The van der Waals surface area contributed by atoms with Crippen LogP contribution >= 0.6 is 15.9 Å². The molecule has 0 saturated heterocycles. The fourth-order valence-corrected chi connectivity index (χ4v) is 1.52. The molecule has 0 aromatic heterocycles. The minimum Gasteiger partial charge on any atom is -0.382 e. The van der Waals surface area contributed by atoms with Crippen LogP contribution in [0, 0.1) is 10.1 Å². The van der Waals surface area contributed by atoms with E-state index in [9.17, 15) is 18.9 Å². The van der Waals surface area contributed by atoms with Gasteiger partial charge < -0.3 is 5.11 Å². The van der Waals surface area contributed by atoms with Crippen molar-refractivity contribution in [1.82, 2.24) is 0 Å². The number of hydrogen-bond donors (Lipinski definition) is 1. The maximum Gasteiger partial charge on any atom is 0.270 e.